The van der Waals surface area contributed by atoms with Crippen LogP contribution in [0.1, 0.15) is 10.4 Å². The van der Waals surface area contributed by atoms with Gasteiger partial charge in [0.2, 0.25) is 0 Å². The van der Waals surface area contributed by atoms with Crippen LogP contribution in [0.5, 0.6) is 0 Å². The molecule has 2 heterocycles. The van der Waals surface area contributed by atoms with E-state index in [1.807, 2.05) is 6.20 Å². The zero-order valence-corrected chi connectivity index (χ0v) is 13.5. The van der Waals surface area contributed by atoms with E-state index in [4.69, 9.17) is 16.3 Å². The summed E-state index contributed by atoms with van der Waals surface area (Å²) in [6.45, 7) is 6.43. The number of nitrogens with one attached hydrogen (secondary N) is 1. The summed E-state index contributed by atoms with van der Waals surface area (Å²) in [5, 5.41) is 3.44. The van der Waals surface area contributed by atoms with E-state index in [0.29, 0.717) is 4.47 Å². The summed E-state index contributed by atoms with van der Waals surface area (Å²) >= 11 is 7.35. The van der Waals surface area contributed by atoms with E-state index in [-0.39, 0.29) is 0 Å². The molecule has 1 aliphatic heterocycles. The predicted molar refractivity (Wildman–Crippen MR) is 88.7 cm³/mol. The summed E-state index contributed by atoms with van der Waals surface area (Å²) in [4.78, 5) is 7.55. The van der Waals surface area contributed by atoms with Crippen molar-refractivity contribution in [1.82, 2.24) is 4.98 Å². The van der Waals surface area contributed by atoms with Crippen molar-refractivity contribution in [3.05, 3.63) is 39.3 Å². The average Bonchev–Trinajstić information content (AvgIpc) is 2.92. The predicted octanol–water partition coefficient (Wildman–Crippen LogP) is 3.55. The van der Waals surface area contributed by atoms with Gasteiger partial charge >= 0.3 is 0 Å². The second kappa shape index (κ2) is 6.64. The van der Waals surface area contributed by atoms with Gasteiger partial charge in [0, 0.05) is 35.5 Å². The van der Waals surface area contributed by atoms with Gasteiger partial charge in [-0.05, 0) is 30.7 Å². The number of aryl methyl sites for hydroxylation is 1. The van der Waals surface area contributed by atoms with Gasteiger partial charge in [0.1, 0.15) is 0 Å². The van der Waals surface area contributed by atoms with Gasteiger partial charge < -0.3 is 15.0 Å². The van der Waals surface area contributed by atoms with Crippen LogP contribution >= 0.6 is 22.9 Å². The molecule has 1 aromatic carbocycles. The number of thiazole rings is 1. The van der Waals surface area contributed by atoms with Crippen LogP contribution in [0.25, 0.3) is 0 Å². The van der Waals surface area contributed by atoms with Gasteiger partial charge in [-0.2, -0.15) is 0 Å². The molecular formula is C15H18ClN3OS. The Morgan fingerprint density at radius 2 is 2.19 bits per heavy atom. The fourth-order valence-electron chi connectivity index (χ4n) is 2.41. The molecule has 0 saturated carbocycles. The molecule has 21 heavy (non-hydrogen) atoms. The molecule has 0 aliphatic carbocycles. The van der Waals surface area contributed by atoms with Gasteiger partial charge in [-0.3, -0.25) is 0 Å². The zero-order valence-electron chi connectivity index (χ0n) is 11.9. The van der Waals surface area contributed by atoms with Crippen molar-refractivity contribution in [3.8, 4) is 0 Å². The van der Waals surface area contributed by atoms with Crippen LogP contribution in [-0.2, 0) is 11.3 Å². The van der Waals surface area contributed by atoms with Crippen molar-refractivity contribution in [2.75, 3.05) is 36.5 Å². The van der Waals surface area contributed by atoms with E-state index >= 15 is 0 Å². The molecular weight excluding hydrogens is 306 g/mol. The second-order valence-corrected chi connectivity index (χ2v) is 6.73. The maximum atomic E-state index is 5.84. The van der Waals surface area contributed by atoms with E-state index in [1.54, 1.807) is 0 Å². The monoisotopic (exact) mass is 323 g/mol. The minimum atomic E-state index is 0.589. The highest BCUT2D eigenvalue weighted by atomic mass is 35.5. The van der Waals surface area contributed by atoms with E-state index in [9.17, 15) is 0 Å². The summed E-state index contributed by atoms with van der Waals surface area (Å²) in [6.07, 6.45) is 1.82. The Kier molecular flexibility index (Phi) is 4.63. The van der Waals surface area contributed by atoms with Crippen LogP contribution in [0, 0.1) is 6.92 Å². The van der Waals surface area contributed by atoms with Crippen molar-refractivity contribution in [3.63, 3.8) is 0 Å². The molecule has 4 nitrogen and oxygen atoms in total. The lowest BCUT2D eigenvalue weighted by Gasteiger charge is -2.29. The first-order chi connectivity index (χ1) is 10.2. The molecule has 0 unspecified atom stereocenters. The van der Waals surface area contributed by atoms with E-state index in [1.165, 1.54) is 22.6 Å². The maximum absolute atomic E-state index is 5.84. The van der Waals surface area contributed by atoms with Crippen molar-refractivity contribution in [1.29, 1.82) is 0 Å². The number of hydrogen-bond acceptors (Lipinski definition) is 5. The van der Waals surface area contributed by atoms with E-state index < -0.39 is 0 Å². The highest BCUT2D eigenvalue weighted by Gasteiger charge is 2.12. The van der Waals surface area contributed by atoms with Crippen molar-refractivity contribution < 1.29 is 4.74 Å². The van der Waals surface area contributed by atoms with Gasteiger partial charge in [0.05, 0.1) is 19.8 Å². The molecule has 0 spiro atoms. The highest BCUT2D eigenvalue weighted by molar-refractivity contribution is 7.15. The van der Waals surface area contributed by atoms with Crippen molar-refractivity contribution >= 4 is 34.3 Å². The zero-order chi connectivity index (χ0) is 14.7. The number of halogens is 1. The van der Waals surface area contributed by atoms with E-state index in [2.05, 4.69) is 40.3 Å². The fourth-order valence-corrected chi connectivity index (χ4v) is 3.33. The highest BCUT2D eigenvalue weighted by Crippen LogP contribution is 2.25. The van der Waals surface area contributed by atoms with Crippen LogP contribution in [0.2, 0.25) is 4.47 Å². The summed E-state index contributed by atoms with van der Waals surface area (Å²) in [6, 6.07) is 6.54. The average molecular weight is 324 g/mol. The first-order valence-corrected chi connectivity index (χ1v) is 8.19. The second-order valence-electron chi connectivity index (χ2n) is 5.03. The molecule has 112 valence electrons. The normalized spacial score (nSPS) is 15.2. The number of rotatable bonds is 4. The summed E-state index contributed by atoms with van der Waals surface area (Å²) < 4.78 is 5.98. The Hall–Kier alpha value is -1.30. The number of benzene rings is 1. The lowest BCUT2D eigenvalue weighted by molar-refractivity contribution is 0.122. The van der Waals surface area contributed by atoms with Crippen LogP contribution < -0.4 is 10.2 Å². The Labute approximate surface area is 133 Å². The third kappa shape index (κ3) is 3.67. The summed E-state index contributed by atoms with van der Waals surface area (Å²) in [7, 11) is 0. The quantitative estimate of drug-likeness (QED) is 0.933. The van der Waals surface area contributed by atoms with Crippen LogP contribution in [0.15, 0.2) is 24.4 Å². The smallest absolute Gasteiger partial charge is 0.183 e. The molecule has 1 saturated heterocycles. The van der Waals surface area contributed by atoms with Crippen LogP contribution in [0.4, 0.5) is 11.4 Å². The minimum Gasteiger partial charge on any atom is -0.380 e. The first-order valence-electron chi connectivity index (χ1n) is 7.00. The third-order valence-corrected chi connectivity index (χ3v) is 4.68. The number of morpholine rings is 1. The third-order valence-electron chi connectivity index (χ3n) is 3.56. The van der Waals surface area contributed by atoms with E-state index in [0.717, 1.165) is 43.4 Å². The molecule has 3 rings (SSSR count). The van der Waals surface area contributed by atoms with Gasteiger partial charge in [-0.1, -0.05) is 11.6 Å². The van der Waals surface area contributed by atoms with Gasteiger partial charge in [-0.15, -0.1) is 11.3 Å². The van der Waals surface area contributed by atoms with Crippen molar-refractivity contribution in [2.24, 2.45) is 0 Å². The molecule has 0 radical (unpaired) electrons. The Morgan fingerprint density at radius 3 is 2.86 bits per heavy atom. The molecule has 2 aromatic rings. The SMILES string of the molecule is Cc1cc(N2CCOCC2)ccc1NCc1cnc(Cl)s1. The fraction of sp³-hybridized carbons (Fsp3) is 0.400. The lowest BCUT2D eigenvalue weighted by atomic mass is 10.1. The molecule has 0 amide bonds. The lowest BCUT2D eigenvalue weighted by Crippen LogP contribution is -2.36. The molecule has 0 bridgehead atoms. The van der Waals surface area contributed by atoms with Gasteiger partial charge in [-0.25, -0.2) is 4.98 Å². The Bertz CT molecular complexity index is 611. The summed E-state index contributed by atoms with van der Waals surface area (Å²) in [5.74, 6) is 0. The molecule has 1 N–H and O–H groups in total. The van der Waals surface area contributed by atoms with Crippen LogP contribution in [0.3, 0.4) is 0 Å². The van der Waals surface area contributed by atoms with Crippen LogP contribution in [-0.4, -0.2) is 31.3 Å². The van der Waals surface area contributed by atoms with Gasteiger partial charge in [0.25, 0.3) is 0 Å². The number of ether oxygens (including phenoxy) is 1. The molecule has 1 aromatic heterocycles. The first kappa shape index (κ1) is 14.6. The van der Waals surface area contributed by atoms with Crippen molar-refractivity contribution in [2.45, 2.75) is 13.5 Å². The molecule has 6 heteroatoms. The topological polar surface area (TPSA) is 37.4 Å². The standard InChI is InChI=1S/C15H18ClN3OS/c1-11-8-12(19-4-6-20-7-5-19)2-3-14(11)17-9-13-10-18-15(16)21-13/h2-3,8,10,17H,4-7,9H2,1H3. The number of anilines is 2. The molecule has 1 fully saturated rings. The number of nitrogens with zero attached hydrogens (tertiary/aromatic N) is 2. The maximum Gasteiger partial charge on any atom is 0.183 e. The number of aromatic nitrogens is 1. The Balaban J connectivity index is 1.66. The molecule has 1 aliphatic rings. The molecule has 0 atom stereocenters. The minimum absolute atomic E-state index is 0.589. The Morgan fingerprint density at radius 1 is 1.38 bits per heavy atom. The summed E-state index contributed by atoms with van der Waals surface area (Å²) in [5.41, 5.74) is 3.66. The van der Waals surface area contributed by atoms with Gasteiger partial charge in [0.15, 0.2) is 4.47 Å². The number of hydrogen-bond donors (Lipinski definition) is 1. The largest absolute Gasteiger partial charge is 0.380 e.